The number of aryl methyl sites for hydroxylation is 1. The highest BCUT2D eigenvalue weighted by Gasteiger charge is 2.49. The number of hydrogen-bond acceptors (Lipinski definition) is 3. The van der Waals surface area contributed by atoms with Crippen molar-refractivity contribution in [3.63, 3.8) is 0 Å². The standard InChI is InChI=1S/C39H40F3N3O2/c1-27-16-18-28(19-17-27)30-10-2-3-13-33(30)36(46)44-29-20-24-45(25-21-29)23-9-8-22-38(37(47)43-26-39(40,41)42)34-14-6-4-11-31(34)32-12-5-7-15-35(32)38/h2-7,10-19,29H,8-9,20-26H2,1H3,(H,43,47)(H,44,46). The molecule has 1 fully saturated rings. The van der Waals surface area contributed by atoms with E-state index in [1.807, 2.05) is 104 Å². The highest BCUT2D eigenvalue weighted by molar-refractivity contribution is 6.01. The molecule has 4 aromatic carbocycles. The number of likely N-dealkylation sites (tertiary alicyclic amines) is 1. The van der Waals surface area contributed by atoms with Crippen molar-refractivity contribution in [2.24, 2.45) is 0 Å². The predicted octanol–water partition coefficient (Wildman–Crippen LogP) is 7.67. The van der Waals surface area contributed by atoms with E-state index in [9.17, 15) is 22.8 Å². The van der Waals surface area contributed by atoms with Crippen LogP contribution in [0.5, 0.6) is 0 Å². The summed E-state index contributed by atoms with van der Waals surface area (Å²) in [6.07, 6.45) is -0.928. The van der Waals surface area contributed by atoms with E-state index in [-0.39, 0.29) is 11.9 Å². The smallest absolute Gasteiger partial charge is 0.349 e. The molecule has 0 bridgehead atoms. The van der Waals surface area contributed by atoms with Crippen molar-refractivity contribution in [2.75, 3.05) is 26.2 Å². The molecule has 244 valence electrons. The van der Waals surface area contributed by atoms with Gasteiger partial charge in [0.15, 0.2) is 0 Å². The van der Waals surface area contributed by atoms with Crippen molar-refractivity contribution in [1.82, 2.24) is 15.5 Å². The fourth-order valence-electron chi connectivity index (χ4n) is 7.24. The normalized spacial score (nSPS) is 15.9. The van der Waals surface area contributed by atoms with Gasteiger partial charge in [-0.25, -0.2) is 0 Å². The number of carbonyl (C=O) groups excluding carboxylic acids is 2. The Hall–Kier alpha value is -4.43. The van der Waals surface area contributed by atoms with Gasteiger partial charge in [0.05, 0.1) is 0 Å². The van der Waals surface area contributed by atoms with E-state index in [1.54, 1.807) is 0 Å². The van der Waals surface area contributed by atoms with E-state index in [1.165, 1.54) is 5.56 Å². The van der Waals surface area contributed by atoms with Crippen LogP contribution in [-0.2, 0) is 10.2 Å². The van der Waals surface area contributed by atoms with Crippen LogP contribution in [-0.4, -0.2) is 55.1 Å². The molecule has 0 spiro atoms. The fraction of sp³-hybridized carbons (Fsp3) is 0.333. The number of halogens is 3. The number of nitrogens with zero attached hydrogens (tertiary/aromatic N) is 1. The van der Waals surface area contributed by atoms with Crippen LogP contribution in [0.1, 0.15) is 59.2 Å². The maximum Gasteiger partial charge on any atom is 0.405 e. The van der Waals surface area contributed by atoms with Gasteiger partial charge in [-0.3, -0.25) is 9.59 Å². The average molecular weight is 640 g/mol. The summed E-state index contributed by atoms with van der Waals surface area (Å²) >= 11 is 0. The Bertz CT molecular complexity index is 1680. The zero-order valence-electron chi connectivity index (χ0n) is 26.6. The van der Waals surface area contributed by atoms with E-state index in [2.05, 4.69) is 15.5 Å². The molecular weight excluding hydrogens is 599 g/mol. The molecule has 1 saturated heterocycles. The molecule has 0 unspecified atom stereocenters. The molecule has 2 amide bonds. The van der Waals surface area contributed by atoms with Gasteiger partial charge in [-0.2, -0.15) is 13.2 Å². The number of nitrogens with one attached hydrogen (secondary N) is 2. The molecule has 0 aromatic heterocycles. The van der Waals surface area contributed by atoms with Gasteiger partial charge < -0.3 is 15.5 Å². The third kappa shape index (κ3) is 6.98. The SMILES string of the molecule is Cc1ccc(-c2ccccc2C(=O)NC2CCN(CCCCC3(C(=O)NCC(F)(F)F)c4ccccc4-c4ccccc43)CC2)cc1. The van der Waals surface area contributed by atoms with Crippen LogP contribution >= 0.6 is 0 Å². The number of benzene rings is 4. The van der Waals surface area contributed by atoms with Gasteiger partial charge in [0.25, 0.3) is 5.91 Å². The number of piperidine rings is 1. The molecule has 1 heterocycles. The molecule has 2 N–H and O–H groups in total. The summed E-state index contributed by atoms with van der Waals surface area (Å²) in [6, 6.07) is 31.1. The minimum Gasteiger partial charge on any atom is -0.349 e. The first kappa shape index (κ1) is 32.5. The molecule has 0 saturated carbocycles. The zero-order valence-corrected chi connectivity index (χ0v) is 26.6. The minimum atomic E-state index is -4.50. The first-order chi connectivity index (χ1) is 22.7. The number of alkyl halides is 3. The molecule has 47 heavy (non-hydrogen) atoms. The van der Waals surface area contributed by atoms with Gasteiger partial charge in [0, 0.05) is 24.7 Å². The van der Waals surface area contributed by atoms with Gasteiger partial charge in [-0.15, -0.1) is 0 Å². The summed E-state index contributed by atoms with van der Waals surface area (Å²) in [7, 11) is 0. The van der Waals surface area contributed by atoms with Crippen LogP contribution in [0.2, 0.25) is 0 Å². The summed E-state index contributed by atoms with van der Waals surface area (Å²) in [5.41, 5.74) is 5.92. The third-order valence-corrected chi connectivity index (χ3v) is 9.63. The molecule has 1 aliphatic carbocycles. The van der Waals surface area contributed by atoms with Crippen LogP contribution in [0, 0.1) is 6.92 Å². The van der Waals surface area contributed by atoms with Crippen molar-refractivity contribution >= 4 is 11.8 Å². The number of fused-ring (bicyclic) bond motifs is 3. The van der Waals surface area contributed by atoms with Crippen molar-refractivity contribution in [3.05, 3.63) is 119 Å². The first-order valence-corrected chi connectivity index (χ1v) is 16.4. The van der Waals surface area contributed by atoms with Gasteiger partial charge >= 0.3 is 6.18 Å². The monoisotopic (exact) mass is 639 g/mol. The summed E-state index contributed by atoms with van der Waals surface area (Å²) in [5, 5.41) is 5.47. The number of unbranched alkanes of at least 4 members (excludes halogenated alkanes) is 1. The summed E-state index contributed by atoms with van der Waals surface area (Å²) in [6.45, 7) is 3.18. The second-order valence-electron chi connectivity index (χ2n) is 12.8. The molecule has 5 nitrogen and oxygen atoms in total. The van der Waals surface area contributed by atoms with Crippen LogP contribution < -0.4 is 10.6 Å². The molecule has 6 rings (SSSR count). The van der Waals surface area contributed by atoms with E-state index in [0.29, 0.717) is 18.4 Å². The highest BCUT2D eigenvalue weighted by atomic mass is 19.4. The number of amides is 2. The highest BCUT2D eigenvalue weighted by Crippen LogP contribution is 2.51. The number of carbonyl (C=O) groups is 2. The van der Waals surface area contributed by atoms with E-state index >= 15 is 0 Å². The quantitative estimate of drug-likeness (QED) is 0.175. The zero-order chi connectivity index (χ0) is 33.0. The van der Waals surface area contributed by atoms with Crippen molar-refractivity contribution in [2.45, 2.75) is 56.7 Å². The Morgan fingerprint density at radius 3 is 1.98 bits per heavy atom. The fourth-order valence-corrected chi connectivity index (χ4v) is 7.24. The Balaban J connectivity index is 1.06. The predicted molar refractivity (Wildman–Crippen MR) is 179 cm³/mol. The summed E-state index contributed by atoms with van der Waals surface area (Å²) < 4.78 is 39.5. The lowest BCUT2D eigenvalue weighted by Gasteiger charge is -2.33. The van der Waals surface area contributed by atoms with E-state index in [0.717, 1.165) is 72.3 Å². The maximum atomic E-state index is 13.7. The Morgan fingerprint density at radius 1 is 0.787 bits per heavy atom. The lowest BCUT2D eigenvalue weighted by molar-refractivity contribution is -0.141. The minimum absolute atomic E-state index is 0.0640. The second kappa shape index (κ2) is 13.7. The van der Waals surface area contributed by atoms with E-state index in [4.69, 9.17) is 0 Å². The molecule has 1 aliphatic heterocycles. The number of rotatable bonds is 10. The summed E-state index contributed by atoms with van der Waals surface area (Å²) in [4.78, 5) is 29.4. The first-order valence-electron chi connectivity index (χ1n) is 16.4. The van der Waals surface area contributed by atoms with E-state index < -0.39 is 24.0 Å². The van der Waals surface area contributed by atoms with Crippen LogP contribution in [0.15, 0.2) is 97.1 Å². The van der Waals surface area contributed by atoms with Crippen LogP contribution in [0.25, 0.3) is 22.3 Å². The number of hydrogen-bond donors (Lipinski definition) is 2. The molecule has 0 radical (unpaired) electrons. The average Bonchev–Trinajstić information content (AvgIpc) is 3.37. The third-order valence-electron chi connectivity index (χ3n) is 9.63. The van der Waals surface area contributed by atoms with Crippen molar-refractivity contribution < 1.29 is 22.8 Å². The maximum absolute atomic E-state index is 13.7. The van der Waals surface area contributed by atoms with Gasteiger partial charge in [0.2, 0.25) is 5.91 Å². The largest absolute Gasteiger partial charge is 0.405 e. The van der Waals surface area contributed by atoms with Gasteiger partial charge in [0.1, 0.15) is 12.0 Å². The Labute approximate surface area is 274 Å². The van der Waals surface area contributed by atoms with Crippen molar-refractivity contribution in [1.29, 1.82) is 0 Å². The topological polar surface area (TPSA) is 61.4 Å². The Kier molecular flexibility index (Phi) is 9.50. The van der Waals surface area contributed by atoms with Crippen LogP contribution in [0.4, 0.5) is 13.2 Å². The Morgan fingerprint density at radius 2 is 1.36 bits per heavy atom. The molecule has 8 heteroatoms. The van der Waals surface area contributed by atoms with Gasteiger partial charge in [-0.1, -0.05) is 103 Å². The van der Waals surface area contributed by atoms with Crippen LogP contribution in [0.3, 0.4) is 0 Å². The second-order valence-corrected chi connectivity index (χ2v) is 12.8. The lowest BCUT2D eigenvalue weighted by atomic mass is 9.73. The lowest BCUT2D eigenvalue weighted by Crippen LogP contribution is -2.47. The molecule has 0 atom stereocenters. The molecular formula is C39H40F3N3O2. The molecule has 2 aliphatic rings. The van der Waals surface area contributed by atoms with Gasteiger partial charge in [-0.05, 0) is 78.6 Å². The van der Waals surface area contributed by atoms with Crippen molar-refractivity contribution in [3.8, 4) is 22.3 Å². The molecule has 4 aromatic rings. The summed E-state index contributed by atoms with van der Waals surface area (Å²) in [5.74, 6) is -0.668.